The molecule has 0 saturated heterocycles. The number of hydrogen-bond donors (Lipinski definition) is 0. The van der Waals surface area contributed by atoms with Crippen LogP contribution in [0.3, 0.4) is 0 Å². The average molecular weight is 396 g/mol. The smallest absolute Gasteiger partial charge is 0.200 e. The summed E-state index contributed by atoms with van der Waals surface area (Å²) in [7, 11) is 1.65. The second-order valence-corrected chi connectivity index (χ2v) is 7.12. The summed E-state index contributed by atoms with van der Waals surface area (Å²) in [6.45, 7) is 4.09. The van der Waals surface area contributed by atoms with Crippen molar-refractivity contribution in [1.29, 1.82) is 0 Å². The van der Waals surface area contributed by atoms with Crippen LogP contribution < -0.4 is 14.4 Å². The van der Waals surface area contributed by atoms with Crippen molar-refractivity contribution in [3.05, 3.63) is 58.3 Å². The molecule has 0 fully saturated rings. The van der Waals surface area contributed by atoms with Crippen LogP contribution in [0.4, 0.5) is 5.82 Å². The van der Waals surface area contributed by atoms with Gasteiger partial charge in [0.05, 0.1) is 7.11 Å². The number of tetrazole rings is 1. The van der Waals surface area contributed by atoms with Crippen LogP contribution in [-0.2, 0) is 13.2 Å². The highest BCUT2D eigenvalue weighted by molar-refractivity contribution is 7.09. The van der Waals surface area contributed by atoms with Gasteiger partial charge < -0.3 is 14.4 Å². The van der Waals surface area contributed by atoms with Gasteiger partial charge in [-0.15, -0.1) is 26.2 Å². The lowest BCUT2D eigenvalue weighted by molar-refractivity contribution is 0.287. The first kappa shape index (κ1) is 18.2. The number of ether oxygens (including phenoxy) is 2. The summed E-state index contributed by atoms with van der Waals surface area (Å²) in [4.78, 5) is 3.31. The van der Waals surface area contributed by atoms with Gasteiger partial charge in [0.15, 0.2) is 23.0 Å². The molecule has 0 spiro atoms. The van der Waals surface area contributed by atoms with E-state index in [1.165, 1.54) is 9.51 Å². The molecule has 3 heterocycles. The fraction of sp³-hybridized carbons (Fsp3) is 0.263. The number of rotatable bonds is 8. The molecule has 0 saturated carbocycles. The van der Waals surface area contributed by atoms with E-state index in [-0.39, 0.29) is 0 Å². The molecule has 0 aliphatic rings. The van der Waals surface area contributed by atoms with E-state index in [0.717, 1.165) is 23.7 Å². The number of nitrogens with zero attached hydrogens (tertiary/aromatic N) is 6. The first-order valence-electron chi connectivity index (χ1n) is 8.89. The first-order chi connectivity index (χ1) is 13.8. The predicted molar refractivity (Wildman–Crippen MR) is 107 cm³/mol. The molecule has 4 aromatic rings. The highest BCUT2D eigenvalue weighted by Gasteiger charge is 2.12. The molecule has 0 bridgehead atoms. The Hall–Kier alpha value is -3.20. The molecular formula is C19H20N6O2S. The van der Waals surface area contributed by atoms with Crippen molar-refractivity contribution in [2.45, 2.75) is 20.1 Å². The minimum Gasteiger partial charge on any atom is -0.493 e. The van der Waals surface area contributed by atoms with Gasteiger partial charge in [0, 0.05) is 18.0 Å². The van der Waals surface area contributed by atoms with Crippen molar-refractivity contribution >= 4 is 22.8 Å². The SMILES string of the molecule is CCN(Cc1ccc(OCc2cccs2)c(OC)c1)c1ccc2nnnn2n1. The predicted octanol–water partition coefficient (Wildman–Crippen LogP) is 3.19. The molecule has 0 N–H and O–H groups in total. The first-order valence-corrected chi connectivity index (χ1v) is 9.77. The van der Waals surface area contributed by atoms with Crippen LogP contribution in [0.5, 0.6) is 11.5 Å². The minimum atomic E-state index is 0.532. The average Bonchev–Trinajstić information content (AvgIpc) is 3.41. The Morgan fingerprint density at radius 3 is 2.86 bits per heavy atom. The fourth-order valence-electron chi connectivity index (χ4n) is 2.86. The quantitative estimate of drug-likeness (QED) is 0.453. The van der Waals surface area contributed by atoms with Crippen LogP contribution in [0.25, 0.3) is 5.65 Å². The molecule has 0 aliphatic heterocycles. The summed E-state index contributed by atoms with van der Waals surface area (Å²) in [5.41, 5.74) is 1.72. The number of methoxy groups -OCH3 is 1. The van der Waals surface area contributed by atoms with Gasteiger partial charge >= 0.3 is 0 Å². The van der Waals surface area contributed by atoms with Crippen LogP contribution in [0, 0.1) is 0 Å². The zero-order valence-corrected chi connectivity index (χ0v) is 16.5. The van der Waals surface area contributed by atoms with Gasteiger partial charge in [-0.25, -0.2) is 0 Å². The Morgan fingerprint density at radius 1 is 1.14 bits per heavy atom. The van der Waals surface area contributed by atoms with Crippen molar-refractivity contribution in [3.8, 4) is 11.5 Å². The molecule has 0 unspecified atom stereocenters. The van der Waals surface area contributed by atoms with Crippen molar-refractivity contribution in [1.82, 2.24) is 25.3 Å². The van der Waals surface area contributed by atoms with Gasteiger partial charge in [0.1, 0.15) is 6.61 Å². The number of aromatic nitrogens is 5. The van der Waals surface area contributed by atoms with Gasteiger partial charge in [-0.2, -0.15) is 0 Å². The third-order valence-electron chi connectivity index (χ3n) is 4.31. The number of thiophene rings is 1. The van der Waals surface area contributed by atoms with Crippen LogP contribution in [0.1, 0.15) is 17.4 Å². The van der Waals surface area contributed by atoms with Crippen molar-refractivity contribution in [2.75, 3.05) is 18.6 Å². The standard InChI is InChI=1S/C19H20N6O2S/c1-3-24(19-9-8-18-20-22-23-25(18)21-19)12-14-6-7-16(17(11-14)26-2)27-13-15-5-4-10-28-15/h4-11H,3,12-13H2,1-2H3. The maximum Gasteiger partial charge on any atom is 0.200 e. The molecular weight excluding hydrogens is 376 g/mol. The summed E-state index contributed by atoms with van der Waals surface area (Å²) in [6.07, 6.45) is 0. The van der Waals surface area contributed by atoms with E-state index in [2.05, 4.69) is 38.5 Å². The van der Waals surface area contributed by atoms with Crippen molar-refractivity contribution < 1.29 is 9.47 Å². The van der Waals surface area contributed by atoms with E-state index >= 15 is 0 Å². The third kappa shape index (κ3) is 3.89. The lowest BCUT2D eigenvalue weighted by Gasteiger charge is -2.22. The van der Waals surface area contributed by atoms with Gasteiger partial charge in [0.25, 0.3) is 0 Å². The zero-order valence-electron chi connectivity index (χ0n) is 15.6. The highest BCUT2D eigenvalue weighted by Crippen LogP contribution is 2.30. The Kier molecular flexibility index (Phi) is 5.34. The molecule has 28 heavy (non-hydrogen) atoms. The molecule has 8 nitrogen and oxygen atoms in total. The third-order valence-corrected chi connectivity index (χ3v) is 5.16. The minimum absolute atomic E-state index is 0.532. The van der Waals surface area contributed by atoms with Crippen LogP contribution in [0.2, 0.25) is 0 Å². The normalized spacial score (nSPS) is 10.9. The Bertz CT molecular complexity index is 1050. The number of fused-ring (bicyclic) bond motifs is 1. The Balaban J connectivity index is 1.50. The van der Waals surface area contributed by atoms with E-state index in [9.17, 15) is 0 Å². The van der Waals surface area contributed by atoms with E-state index in [0.29, 0.717) is 24.5 Å². The maximum atomic E-state index is 5.92. The van der Waals surface area contributed by atoms with Crippen LogP contribution >= 0.6 is 11.3 Å². The summed E-state index contributed by atoms with van der Waals surface area (Å²) >= 11 is 1.67. The maximum absolute atomic E-state index is 5.92. The molecule has 9 heteroatoms. The number of anilines is 1. The van der Waals surface area contributed by atoms with Crippen LogP contribution in [-0.4, -0.2) is 38.9 Å². The van der Waals surface area contributed by atoms with Gasteiger partial charge in [-0.05, 0) is 58.6 Å². The monoisotopic (exact) mass is 396 g/mol. The highest BCUT2D eigenvalue weighted by atomic mass is 32.1. The lowest BCUT2D eigenvalue weighted by Crippen LogP contribution is -2.24. The Morgan fingerprint density at radius 2 is 2.07 bits per heavy atom. The molecule has 144 valence electrons. The number of benzene rings is 1. The topological polar surface area (TPSA) is 77.7 Å². The molecule has 0 aliphatic carbocycles. The molecule has 1 aromatic carbocycles. The van der Waals surface area contributed by atoms with Crippen molar-refractivity contribution in [3.63, 3.8) is 0 Å². The van der Waals surface area contributed by atoms with Crippen molar-refractivity contribution in [2.24, 2.45) is 0 Å². The summed E-state index contributed by atoms with van der Waals surface area (Å²) in [6, 6.07) is 13.8. The number of hydrogen-bond acceptors (Lipinski definition) is 8. The second-order valence-electron chi connectivity index (χ2n) is 6.09. The second kappa shape index (κ2) is 8.22. The summed E-state index contributed by atoms with van der Waals surface area (Å²) < 4.78 is 12.9. The molecule has 3 aromatic heterocycles. The van der Waals surface area contributed by atoms with Gasteiger partial charge in [-0.3, -0.25) is 0 Å². The summed E-state index contributed by atoms with van der Waals surface area (Å²) in [5, 5.41) is 17.9. The summed E-state index contributed by atoms with van der Waals surface area (Å²) in [5.74, 6) is 2.25. The van der Waals surface area contributed by atoms with E-state index < -0.39 is 0 Å². The zero-order chi connectivity index (χ0) is 19.3. The molecule has 0 amide bonds. The van der Waals surface area contributed by atoms with E-state index in [1.807, 2.05) is 41.8 Å². The Labute approximate surface area is 166 Å². The van der Waals surface area contributed by atoms with Gasteiger partial charge in [0.2, 0.25) is 0 Å². The van der Waals surface area contributed by atoms with E-state index in [4.69, 9.17) is 9.47 Å². The fourth-order valence-corrected chi connectivity index (χ4v) is 3.47. The van der Waals surface area contributed by atoms with Gasteiger partial charge in [-0.1, -0.05) is 12.1 Å². The molecule has 0 radical (unpaired) electrons. The lowest BCUT2D eigenvalue weighted by atomic mass is 10.2. The largest absolute Gasteiger partial charge is 0.493 e. The molecule has 0 atom stereocenters. The van der Waals surface area contributed by atoms with E-state index in [1.54, 1.807) is 18.4 Å². The molecule has 4 rings (SSSR count). The van der Waals surface area contributed by atoms with Crippen LogP contribution in [0.15, 0.2) is 47.8 Å².